The zero-order chi connectivity index (χ0) is 21.1. The number of amides is 3. The van der Waals surface area contributed by atoms with Gasteiger partial charge in [-0.15, -0.1) is 11.8 Å². The molecule has 8 heteroatoms. The van der Waals surface area contributed by atoms with E-state index in [4.69, 9.17) is 5.73 Å². The van der Waals surface area contributed by atoms with Crippen molar-refractivity contribution in [2.24, 2.45) is 11.7 Å². The number of carbonyl (C=O) groups is 3. The Morgan fingerprint density at radius 3 is 2.52 bits per heavy atom. The third kappa shape index (κ3) is 4.42. The Hall–Kier alpha value is -2.87. The molecular weight excluding hydrogens is 393 g/mol. The molecule has 0 saturated carbocycles. The van der Waals surface area contributed by atoms with E-state index in [0.29, 0.717) is 5.56 Å². The van der Waals surface area contributed by atoms with Crippen molar-refractivity contribution in [1.29, 1.82) is 0 Å². The molecule has 152 valence electrons. The average molecular weight is 415 g/mol. The topological polar surface area (TPSA) is 83.7 Å². The lowest BCUT2D eigenvalue weighted by molar-refractivity contribution is -0.141. The number of benzene rings is 2. The lowest BCUT2D eigenvalue weighted by Crippen LogP contribution is -2.42. The molecular formula is C21H22FN3O3S. The Morgan fingerprint density at radius 2 is 1.93 bits per heavy atom. The molecule has 0 aliphatic carbocycles. The van der Waals surface area contributed by atoms with Crippen LogP contribution in [0.15, 0.2) is 53.4 Å². The maximum Gasteiger partial charge on any atom is 0.244 e. The molecule has 2 N–H and O–H groups in total. The number of nitrogens with zero attached hydrogens (tertiary/aromatic N) is 2. The Morgan fingerprint density at radius 1 is 1.24 bits per heavy atom. The van der Waals surface area contributed by atoms with Gasteiger partial charge in [0.25, 0.3) is 0 Å². The van der Waals surface area contributed by atoms with E-state index < -0.39 is 23.7 Å². The fraction of sp³-hybridized carbons (Fsp3) is 0.286. The van der Waals surface area contributed by atoms with Crippen LogP contribution in [0.25, 0.3) is 0 Å². The van der Waals surface area contributed by atoms with Crippen molar-refractivity contribution in [3.8, 4) is 0 Å². The van der Waals surface area contributed by atoms with Gasteiger partial charge in [-0.3, -0.25) is 14.4 Å². The standard InChI is InChI=1S/C21H22FN3O3S/c1-24(19(20(23)27)13-4-3-5-15(22)10-13)21(28)14-11-18(26)25(12-14)16-6-8-17(29-2)9-7-16/h3-10,14,19H,11-12H2,1-2H3,(H2,23,27). The minimum Gasteiger partial charge on any atom is -0.368 e. The van der Waals surface area contributed by atoms with Gasteiger partial charge in [-0.05, 0) is 48.2 Å². The second-order valence-corrected chi connectivity index (χ2v) is 7.79. The summed E-state index contributed by atoms with van der Waals surface area (Å²) < 4.78 is 13.6. The van der Waals surface area contributed by atoms with Gasteiger partial charge >= 0.3 is 0 Å². The van der Waals surface area contributed by atoms with Crippen LogP contribution >= 0.6 is 11.8 Å². The highest BCUT2D eigenvalue weighted by molar-refractivity contribution is 7.98. The predicted molar refractivity (Wildman–Crippen MR) is 110 cm³/mol. The number of primary amides is 1. The van der Waals surface area contributed by atoms with Crippen molar-refractivity contribution >= 4 is 35.2 Å². The van der Waals surface area contributed by atoms with E-state index >= 15 is 0 Å². The molecule has 3 amide bonds. The van der Waals surface area contributed by atoms with Crippen LogP contribution in [-0.2, 0) is 14.4 Å². The fourth-order valence-electron chi connectivity index (χ4n) is 3.56. The summed E-state index contributed by atoms with van der Waals surface area (Å²) in [6.07, 6.45) is 2.01. The number of likely N-dealkylation sites (N-methyl/N-ethyl adjacent to an activating group) is 1. The molecule has 2 aromatic rings. The number of hydrogen-bond acceptors (Lipinski definition) is 4. The van der Waals surface area contributed by atoms with Crippen molar-refractivity contribution in [3.05, 3.63) is 59.9 Å². The first-order chi connectivity index (χ1) is 13.8. The van der Waals surface area contributed by atoms with E-state index in [2.05, 4.69) is 0 Å². The molecule has 1 saturated heterocycles. The normalized spacial score (nSPS) is 17.3. The van der Waals surface area contributed by atoms with Crippen molar-refractivity contribution in [1.82, 2.24) is 4.90 Å². The first kappa shape index (κ1) is 20.9. The lowest BCUT2D eigenvalue weighted by atomic mass is 10.0. The minimum absolute atomic E-state index is 0.0437. The summed E-state index contributed by atoms with van der Waals surface area (Å²) in [5, 5.41) is 0. The number of halogens is 1. The maximum atomic E-state index is 13.6. The van der Waals surface area contributed by atoms with Crippen LogP contribution in [-0.4, -0.2) is 42.5 Å². The molecule has 2 aromatic carbocycles. The first-order valence-corrected chi connectivity index (χ1v) is 10.3. The van der Waals surface area contributed by atoms with Crippen molar-refractivity contribution in [3.63, 3.8) is 0 Å². The van der Waals surface area contributed by atoms with Crippen LogP contribution in [0.2, 0.25) is 0 Å². The molecule has 1 aliphatic heterocycles. The quantitative estimate of drug-likeness (QED) is 0.735. The predicted octanol–water partition coefficient (Wildman–Crippen LogP) is 2.59. The molecule has 1 aliphatic rings. The summed E-state index contributed by atoms with van der Waals surface area (Å²) in [6, 6.07) is 11.8. The molecule has 6 nitrogen and oxygen atoms in total. The molecule has 29 heavy (non-hydrogen) atoms. The molecule has 0 spiro atoms. The molecule has 0 aromatic heterocycles. The first-order valence-electron chi connectivity index (χ1n) is 9.07. The summed E-state index contributed by atoms with van der Waals surface area (Å²) >= 11 is 1.60. The Kier molecular flexibility index (Phi) is 6.22. The second kappa shape index (κ2) is 8.65. The summed E-state index contributed by atoms with van der Waals surface area (Å²) in [5.41, 5.74) is 6.51. The van der Waals surface area contributed by atoms with Crippen LogP contribution in [0.3, 0.4) is 0 Å². The fourth-order valence-corrected chi connectivity index (χ4v) is 3.96. The number of thioether (sulfide) groups is 1. The van der Waals surface area contributed by atoms with Crippen LogP contribution in [0.1, 0.15) is 18.0 Å². The highest BCUT2D eigenvalue weighted by Gasteiger charge is 2.39. The van der Waals surface area contributed by atoms with Gasteiger partial charge in [0.05, 0.1) is 5.92 Å². The van der Waals surface area contributed by atoms with Gasteiger partial charge in [0, 0.05) is 30.6 Å². The SMILES string of the molecule is CSc1ccc(N2CC(C(=O)N(C)C(C(N)=O)c3cccc(F)c3)CC2=O)cc1. The van der Waals surface area contributed by atoms with Gasteiger partial charge in [0.15, 0.2) is 0 Å². The van der Waals surface area contributed by atoms with Crippen LogP contribution in [0, 0.1) is 11.7 Å². The number of rotatable bonds is 6. The molecule has 3 rings (SSSR count). The van der Waals surface area contributed by atoms with E-state index in [1.807, 2.05) is 30.5 Å². The highest BCUT2D eigenvalue weighted by Crippen LogP contribution is 2.30. The summed E-state index contributed by atoms with van der Waals surface area (Å²) in [5.74, 6) is -2.43. The summed E-state index contributed by atoms with van der Waals surface area (Å²) in [7, 11) is 1.45. The highest BCUT2D eigenvalue weighted by atomic mass is 32.2. The van der Waals surface area contributed by atoms with Crippen LogP contribution < -0.4 is 10.6 Å². The minimum atomic E-state index is -1.11. The Labute approximate surface area is 172 Å². The third-order valence-corrected chi connectivity index (χ3v) is 5.77. The van der Waals surface area contributed by atoms with Gasteiger partial charge in [0.1, 0.15) is 11.9 Å². The van der Waals surface area contributed by atoms with Gasteiger partial charge in [-0.1, -0.05) is 12.1 Å². The second-order valence-electron chi connectivity index (χ2n) is 6.91. The smallest absolute Gasteiger partial charge is 0.244 e. The van der Waals surface area contributed by atoms with Crippen LogP contribution in [0.4, 0.5) is 10.1 Å². The van der Waals surface area contributed by atoms with Crippen molar-refractivity contribution in [2.75, 3.05) is 24.7 Å². The molecule has 0 bridgehead atoms. The zero-order valence-electron chi connectivity index (χ0n) is 16.2. The summed E-state index contributed by atoms with van der Waals surface area (Å²) in [6.45, 7) is 0.218. The van der Waals surface area contributed by atoms with E-state index in [0.717, 1.165) is 10.6 Å². The van der Waals surface area contributed by atoms with Crippen molar-refractivity contribution < 1.29 is 18.8 Å². The van der Waals surface area contributed by atoms with E-state index in [1.165, 1.54) is 30.1 Å². The molecule has 0 radical (unpaired) electrons. The van der Waals surface area contributed by atoms with Gasteiger partial charge in [0.2, 0.25) is 17.7 Å². The Bertz CT molecular complexity index is 935. The largest absolute Gasteiger partial charge is 0.368 e. The lowest BCUT2D eigenvalue weighted by Gasteiger charge is -2.28. The monoisotopic (exact) mass is 415 g/mol. The molecule has 1 fully saturated rings. The van der Waals surface area contributed by atoms with Crippen molar-refractivity contribution in [2.45, 2.75) is 17.4 Å². The third-order valence-electron chi connectivity index (χ3n) is 5.03. The number of anilines is 1. The molecule has 1 heterocycles. The Balaban J connectivity index is 1.78. The van der Waals surface area contributed by atoms with Gasteiger partial charge in [-0.25, -0.2) is 4.39 Å². The van der Waals surface area contributed by atoms with E-state index in [1.54, 1.807) is 22.7 Å². The molecule has 2 atom stereocenters. The van der Waals surface area contributed by atoms with E-state index in [9.17, 15) is 18.8 Å². The van der Waals surface area contributed by atoms with Gasteiger partial charge < -0.3 is 15.5 Å². The van der Waals surface area contributed by atoms with Crippen LogP contribution in [0.5, 0.6) is 0 Å². The maximum absolute atomic E-state index is 13.6. The zero-order valence-corrected chi connectivity index (χ0v) is 17.0. The summed E-state index contributed by atoms with van der Waals surface area (Å²) in [4.78, 5) is 41.4. The average Bonchev–Trinajstić information content (AvgIpc) is 3.09. The number of hydrogen-bond donors (Lipinski definition) is 1. The number of carbonyl (C=O) groups excluding carboxylic acids is 3. The number of nitrogens with two attached hydrogens (primary N) is 1. The molecule has 2 unspecified atom stereocenters. The van der Waals surface area contributed by atoms with Gasteiger partial charge in [-0.2, -0.15) is 0 Å². The van der Waals surface area contributed by atoms with E-state index in [-0.39, 0.29) is 24.8 Å².